The number of benzene rings is 1. The van der Waals surface area contributed by atoms with Crippen LogP contribution in [-0.2, 0) is 0 Å². The molecule has 0 aliphatic rings. The zero-order chi connectivity index (χ0) is 17.7. The summed E-state index contributed by atoms with van der Waals surface area (Å²) in [7, 11) is 1.43. The van der Waals surface area contributed by atoms with Gasteiger partial charge in [-0.25, -0.2) is 9.29 Å². The summed E-state index contributed by atoms with van der Waals surface area (Å²) in [6.07, 6.45) is -1.59. The molecule has 4 nitrogen and oxygen atoms in total. The van der Waals surface area contributed by atoms with Gasteiger partial charge in [-0.1, -0.05) is 36.8 Å². The summed E-state index contributed by atoms with van der Waals surface area (Å²) in [6, 6.07) is 4.64. The summed E-state index contributed by atoms with van der Waals surface area (Å²) in [4.78, 5) is 8.05. The maximum absolute atomic E-state index is 13.7. The molecular weight excluding hydrogens is 339 g/mol. The van der Waals surface area contributed by atoms with Crippen molar-refractivity contribution in [2.24, 2.45) is 0 Å². The molecule has 24 heavy (non-hydrogen) atoms. The van der Waals surface area contributed by atoms with Gasteiger partial charge in [0, 0.05) is 6.54 Å². The standard InChI is InChI=1S/C16H18F3N3OS/c1-4-22(24-14-10-20-9-13(21-14)23-3)15(16(17,18)19)12-7-5-11(2)6-8-12/h5-10,15H,4H2,1-3H3/t15-/m1/s1. The Balaban J connectivity index is 2.33. The van der Waals surface area contributed by atoms with Gasteiger partial charge in [0.15, 0.2) is 0 Å². The van der Waals surface area contributed by atoms with Crippen molar-refractivity contribution < 1.29 is 17.9 Å². The Bertz CT molecular complexity index is 664. The van der Waals surface area contributed by atoms with Gasteiger partial charge in [-0.05, 0) is 24.4 Å². The molecule has 0 radical (unpaired) electrons. The van der Waals surface area contributed by atoms with Crippen molar-refractivity contribution in [3.05, 3.63) is 47.8 Å². The first kappa shape index (κ1) is 18.5. The molecule has 1 aromatic carbocycles. The lowest BCUT2D eigenvalue weighted by atomic mass is 10.0. The quantitative estimate of drug-likeness (QED) is 0.715. The highest BCUT2D eigenvalue weighted by Crippen LogP contribution is 2.42. The Labute approximate surface area is 143 Å². The normalized spacial score (nSPS) is 13.1. The van der Waals surface area contributed by atoms with E-state index in [0.29, 0.717) is 5.03 Å². The Morgan fingerprint density at radius 2 is 1.88 bits per heavy atom. The van der Waals surface area contributed by atoms with Gasteiger partial charge in [-0.15, -0.1) is 0 Å². The van der Waals surface area contributed by atoms with Crippen molar-refractivity contribution in [1.82, 2.24) is 14.3 Å². The summed E-state index contributed by atoms with van der Waals surface area (Å²) >= 11 is 0.912. The number of methoxy groups -OCH3 is 1. The zero-order valence-electron chi connectivity index (χ0n) is 13.5. The molecule has 2 aromatic rings. The van der Waals surface area contributed by atoms with Crippen molar-refractivity contribution in [3.63, 3.8) is 0 Å². The minimum Gasteiger partial charge on any atom is -0.480 e. The molecule has 0 spiro atoms. The van der Waals surface area contributed by atoms with Gasteiger partial charge in [0.05, 0.1) is 19.5 Å². The highest BCUT2D eigenvalue weighted by molar-refractivity contribution is 7.97. The van der Waals surface area contributed by atoms with Crippen LogP contribution in [0.5, 0.6) is 5.88 Å². The largest absolute Gasteiger partial charge is 0.480 e. The topological polar surface area (TPSA) is 38.2 Å². The molecule has 0 N–H and O–H groups in total. The summed E-state index contributed by atoms with van der Waals surface area (Å²) in [5.41, 5.74) is 1.10. The second kappa shape index (κ2) is 7.85. The summed E-state index contributed by atoms with van der Waals surface area (Å²) < 4.78 is 47.2. The fourth-order valence-electron chi connectivity index (χ4n) is 2.16. The smallest absolute Gasteiger partial charge is 0.408 e. The molecule has 130 valence electrons. The molecule has 1 heterocycles. The van der Waals surface area contributed by atoms with Crippen LogP contribution >= 0.6 is 11.9 Å². The first-order chi connectivity index (χ1) is 11.3. The number of nitrogens with zero attached hydrogens (tertiary/aromatic N) is 3. The van der Waals surface area contributed by atoms with Gasteiger partial charge >= 0.3 is 6.18 Å². The van der Waals surface area contributed by atoms with Crippen LogP contribution in [-0.4, -0.2) is 34.1 Å². The lowest BCUT2D eigenvalue weighted by Crippen LogP contribution is -2.34. The number of rotatable bonds is 6. The third-order valence-corrected chi connectivity index (χ3v) is 4.40. The number of alkyl halides is 3. The molecular formula is C16H18F3N3OS. The Morgan fingerprint density at radius 1 is 1.21 bits per heavy atom. The van der Waals surface area contributed by atoms with E-state index in [9.17, 15) is 13.2 Å². The lowest BCUT2D eigenvalue weighted by Gasteiger charge is -2.31. The highest BCUT2D eigenvalue weighted by atomic mass is 32.2. The molecule has 0 unspecified atom stereocenters. The molecule has 1 aromatic heterocycles. The first-order valence-corrected chi connectivity index (χ1v) is 8.06. The first-order valence-electron chi connectivity index (χ1n) is 7.29. The van der Waals surface area contributed by atoms with Crippen LogP contribution in [0, 0.1) is 6.92 Å². The molecule has 0 amide bonds. The van der Waals surface area contributed by atoms with E-state index < -0.39 is 12.2 Å². The molecule has 0 saturated carbocycles. The van der Waals surface area contributed by atoms with Gasteiger partial charge in [0.1, 0.15) is 11.1 Å². The van der Waals surface area contributed by atoms with E-state index in [1.807, 2.05) is 6.92 Å². The third kappa shape index (κ3) is 4.61. The van der Waals surface area contributed by atoms with Crippen LogP contribution in [0.1, 0.15) is 24.1 Å². The minimum absolute atomic E-state index is 0.182. The van der Waals surface area contributed by atoms with E-state index in [-0.39, 0.29) is 18.0 Å². The van der Waals surface area contributed by atoms with Gasteiger partial charge in [-0.2, -0.15) is 13.2 Å². The van der Waals surface area contributed by atoms with Gasteiger partial charge in [0.25, 0.3) is 0 Å². The second-order valence-electron chi connectivity index (χ2n) is 5.08. The predicted molar refractivity (Wildman–Crippen MR) is 86.8 cm³/mol. The third-order valence-electron chi connectivity index (χ3n) is 3.31. The van der Waals surface area contributed by atoms with E-state index in [0.717, 1.165) is 17.5 Å². The zero-order valence-corrected chi connectivity index (χ0v) is 14.4. The van der Waals surface area contributed by atoms with Crippen molar-refractivity contribution in [1.29, 1.82) is 0 Å². The minimum atomic E-state index is -4.41. The van der Waals surface area contributed by atoms with Crippen LogP contribution in [0.3, 0.4) is 0 Å². The molecule has 0 saturated heterocycles. The molecule has 2 rings (SSSR count). The Hall–Kier alpha value is -1.80. The Kier molecular flexibility index (Phi) is 6.06. The molecule has 8 heteroatoms. The fourth-order valence-corrected chi connectivity index (χ4v) is 3.12. The number of hydrogen-bond donors (Lipinski definition) is 0. The van der Waals surface area contributed by atoms with E-state index in [1.165, 1.54) is 35.9 Å². The van der Waals surface area contributed by atoms with Crippen LogP contribution < -0.4 is 4.74 Å². The maximum atomic E-state index is 13.7. The number of ether oxygens (including phenoxy) is 1. The predicted octanol–water partition coefficient (Wildman–Crippen LogP) is 4.43. The summed E-state index contributed by atoms with van der Waals surface area (Å²) in [5, 5.41) is 0.345. The fraction of sp³-hybridized carbons (Fsp3) is 0.375. The molecule has 0 aliphatic carbocycles. The SMILES string of the molecule is CCN(Sc1cncc(OC)n1)[C@H](c1ccc(C)cc1)C(F)(F)F. The lowest BCUT2D eigenvalue weighted by molar-refractivity contribution is -0.172. The van der Waals surface area contributed by atoms with Gasteiger partial charge < -0.3 is 4.74 Å². The van der Waals surface area contributed by atoms with Crippen LogP contribution in [0.4, 0.5) is 13.2 Å². The molecule has 0 aliphatic heterocycles. The van der Waals surface area contributed by atoms with E-state index in [2.05, 4.69) is 9.97 Å². The van der Waals surface area contributed by atoms with Crippen LogP contribution in [0.2, 0.25) is 0 Å². The van der Waals surface area contributed by atoms with E-state index >= 15 is 0 Å². The average molecular weight is 357 g/mol. The van der Waals surface area contributed by atoms with Crippen LogP contribution in [0.25, 0.3) is 0 Å². The van der Waals surface area contributed by atoms with E-state index in [1.54, 1.807) is 19.1 Å². The highest BCUT2D eigenvalue weighted by Gasteiger charge is 2.45. The Morgan fingerprint density at radius 3 is 2.42 bits per heavy atom. The summed E-state index contributed by atoms with van der Waals surface area (Å²) in [5.74, 6) is 0.259. The number of aryl methyl sites for hydroxylation is 1. The monoisotopic (exact) mass is 357 g/mol. The number of halogens is 3. The van der Waals surface area contributed by atoms with Crippen molar-refractivity contribution in [3.8, 4) is 5.88 Å². The van der Waals surface area contributed by atoms with Crippen molar-refractivity contribution in [2.45, 2.75) is 31.1 Å². The molecule has 0 fully saturated rings. The average Bonchev–Trinajstić information content (AvgIpc) is 2.55. The number of aromatic nitrogens is 2. The van der Waals surface area contributed by atoms with Crippen molar-refractivity contribution >= 4 is 11.9 Å². The molecule has 0 bridgehead atoms. The summed E-state index contributed by atoms with van der Waals surface area (Å²) in [6.45, 7) is 3.69. The van der Waals surface area contributed by atoms with Gasteiger partial charge in [0.2, 0.25) is 5.88 Å². The molecule has 1 atom stereocenters. The second-order valence-corrected chi connectivity index (χ2v) is 6.15. The van der Waals surface area contributed by atoms with Crippen molar-refractivity contribution in [2.75, 3.05) is 13.7 Å². The van der Waals surface area contributed by atoms with E-state index in [4.69, 9.17) is 4.74 Å². The van der Waals surface area contributed by atoms with Gasteiger partial charge in [-0.3, -0.25) is 4.98 Å². The maximum Gasteiger partial charge on any atom is 0.408 e. The van der Waals surface area contributed by atoms with Crippen LogP contribution in [0.15, 0.2) is 41.7 Å². The number of hydrogen-bond acceptors (Lipinski definition) is 5.